The van der Waals surface area contributed by atoms with E-state index in [0.29, 0.717) is 22.5 Å². The lowest BCUT2D eigenvalue weighted by Gasteiger charge is -2.20. The van der Waals surface area contributed by atoms with Gasteiger partial charge in [-0.15, -0.1) is 5.01 Å². The van der Waals surface area contributed by atoms with Crippen molar-refractivity contribution in [1.82, 2.24) is 20.1 Å². The van der Waals surface area contributed by atoms with Gasteiger partial charge in [0.15, 0.2) is 0 Å². The van der Waals surface area contributed by atoms with Gasteiger partial charge in [-0.2, -0.15) is 10.2 Å². The van der Waals surface area contributed by atoms with Gasteiger partial charge in [0.25, 0.3) is 5.91 Å². The minimum atomic E-state index is -1.18. The number of benzene rings is 2. The molecule has 0 unspecified atom stereocenters. The zero-order chi connectivity index (χ0) is 21.5. The monoisotopic (exact) mass is 405 g/mol. The zero-order valence-corrected chi connectivity index (χ0v) is 16.8. The summed E-state index contributed by atoms with van der Waals surface area (Å²) in [4.78, 5) is 25.4. The van der Waals surface area contributed by atoms with E-state index in [1.54, 1.807) is 42.8 Å². The average molecular weight is 405 g/mol. The normalized spacial score (nSPS) is 19.0. The molecule has 0 aliphatic carbocycles. The number of hydrazone groups is 1. The Bertz CT molecular complexity index is 1150. The van der Waals surface area contributed by atoms with Crippen LogP contribution in [0.15, 0.2) is 59.7 Å². The molecule has 4 rings (SSSR count). The van der Waals surface area contributed by atoms with Crippen molar-refractivity contribution in [1.29, 1.82) is 0 Å². The number of urea groups is 1. The first-order valence-corrected chi connectivity index (χ1v) is 9.39. The first kappa shape index (κ1) is 19.5. The molecule has 3 amide bonds. The van der Waals surface area contributed by atoms with Crippen LogP contribution < -0.4 is 5.32 Å². The molecule has 2 heterocycles. The van der Waals surface area contributed by atoms with E-state index in [9.17, 15) is 14.0 Å². The van der Waals surface area contributed by atoms with E-state index in [-0.39, 0.29) is 5.82 Å². The lowest BCUT2D eigenvalue weighted by Crippen LogP contribution is -2.40. The second-order valence-electron chi connectivity index (χ2n) is 7.26. The van der Waals surface area contributed by atoms with Crippen LogP contribution in [0.4, 0.5) is 9.18 Å². The Morgan fingerprint density at radius 3 is 2.40 bits per heavy atom. The summed E-state index contributed by atoms with van der Waals surface area (Å²) in [6.45, 7) is 5.29. The topological polar surface area (TPSA) is 79.6 Å². The molecule has 3 aromatic rings. The molecule has 1 aliphatic heterocycles. The third-order valence-electron chi connectivity index (χ3n) is 5.24. The molecule has 30 heavy (non-hydrogen) atoms. The van der Waals surface area contributed by atoms with Gasteiger partial charge in [0.2, 0.25) is 0 Å². The Morgan fingerprint density at radius 2 is 1.73 bits per heavy atom. The van der Waals surface area contributed by atoms with Gasteiger partial charge in [-0.25, -0.2) is 13.9 Å². The second-order valence-corrected chi connectivity index (χ2v) is 7.26. The number of aromatic nitrogens is 2. The van der Waals surface area contributed by atoms with Crippen LogP contribution >= 0.6 is 0 Å². The standard InChI is InChI=1S/C22H20FN5O2/c1-14-19(15(2)27(26-14)18-11-9-17(23)10-12-18)13-24-28-20(29)22(3,25-21(28)30)16-7-5-4-6-8-16/h4-13H,1-3H3,(H,25,30)/b24-13-/t22-/m0/s1. The molecule has 0 saturated carbocycles. The Balaban J connectivity index is 1.64. The van der Waals surface area contributed by atoms with Crippen molar-refractivity contribution >= 4 is 18.2 Å². The minimum Gasteiger partial charge on any atom is -0.318 e. The maximum atomic E-state index is 13.2. The fourth-order valence-electron chi connectivity index (χ4n) is 3.49. The number of nitrogens with zero attached hydrogens (tertiary/aromatic N) is 4. The summed E-state index contributed by atoms with van der Waals surface area (Å²) in [5.74, 6) is -0.793. The van der Waals surface area contributed by atoms with Crippen LogP contribution in [0.1, 0.15) is 29.4 Å². The van der Waals surface area contributed by atoms with Gasteiger partial charge in [-0.1, -0.05) is 30.3 Å². The first-order chi connectivity index (χ1) is 14.3. The minimum absolute atomic E-state index is 0.331. The molecule has 0 bridgehead atoms. The number of carbonyl (C=O) groups is 2. The van der Waals surface area contributed by atoms with E-state index in [0.717, 1.165) is 10.7 Å². The quantitative estimate of drug-likeness (QED) is 0.534. The zero-order valence-electron chi connectivity index (χ0n) is 16.8. The van der Waals surface area contributed by atoms with E-state index < -0.39 is 17.5 Å². The average Bonchev–Trinajstić information content (AvgIpc) is 3.14. The van der Waals surface area contributed by atoms with Gasteiger partial charge in [0.05, 0.1) is 23.3 Å². The Morgan fingerprint density at radius 1 is 1.07 bits per heavy atom. The number of carbonyl (C=O) groups excluding carboxylic acids is 2. The van der Waals surface area contributed by atoms with Gasteiger partial charge in [-0.3, -0.25) is 4.79 Å². The van der Waals surface area contributed by atoms with E-state index in [4.69, 9.17) is 0 Å². The van der Waals surface area contributed by atoms with Crippen LogP contribution in [0.2, 0.25) is 0 Å². The number of halogens is 1. The number of aryl methyl sites for hydroxylation is 1. The van der Waals surface area contributed by atoms with E-state index >= 15 is 0 Å². The predicted molar refractivity (Wildman–Crippen MR) is 110 cm³/mol. The van der Waals surface area contributed by atoms with E-state index in [1.807, 2.05) is 25.1 Å². The van der Waals surface area contributed by atoms with Crippen molar-refractivity contribution in [2.45, 2.75) is 26.3 Å². The molecule has 1 aromatic heterocycles. The maximum Gasteiger partial charge on any atom is 0.346 e. The van der Waals surface area contributed by atoms with E-state index in [1.165, 1.54) is 18.3 Å². The van der Waals surface area contributed by atoms with Crippen molar-refractivity contribution < 1.29 is 14.0 Å². The molecule has 8 heteroatoms. The summed E-state index contributed by atoms with van der Waals surface area (Å²) in [5.41, 5.74) is 2.28. The van der Waals surface area contributed by atoms with Crippen LogP contribution in [0.3, 0.4) is 0 Å². The molecule has 1 aliphatic rings. The van der Waals surface area contributed by atoms with Crippen LogP contribution in [0.25, 0.3) is 5.69 Å². The molecule has 1 saturated heterocycles. The number of nitrogens with one attached hydrogen (secondary N) is 1. The van der Waals surface area contributed by atoms with Crippen molar-refractivity contribution in [2.24, 2.45) is 5.10 Å². The molecule has 1 fully saturated rings. The van der Waals surface area contributed by atoms with Gasteiger partial charge >= 0.3 is 6.03 Å². The molecule has 1 atom stereocenters. The number of hydrogen-bond donors (Lipinski definition) is 1. The van der Waals surface area contributed by atoms with Crippen LogP contribution in [-0.4, -0.2) is 32.9 Å². The first-order valence-electron chi connectivity index (χ1n) is 9.39. The van der Waals surface area contributed by atoms with Gasteiger partial charge in [0.1, 0.15) is 11.4 Å². The summed E-state index contributed by atoms with van der Waals surface area (Å²) in [6.07, 6.45) is 1.45. The summed E-state index contributed by atoms with van der Waals surface area (Å²) >= 11 is 0. The molecule has 7 nitrogen and oxygen atoms in total. The lowest BCUT2D eigenvalue weighted by molar-refractivity contribution is -0.131. The smallest absolute Gasteiger partial charge is 0.318 e. The van der Waals surface area contributed by atoms with Gasteiger partial charge in [0, 0.05) is 5.56 Å². The number of rotatable bonds is 4. The van der Waals surface area contributed by atoms with Crippen LogP contribution in [-0.2, 0) is 10.3 Å². The summed E-state index contributed by atoms with van der Waals surface area (Å²) in [5, 5.41) is 12.2. The third-order valence-corrected chi connectivity index (χ3v) is 5.24. The van der Waals surface area contributed by atoms with Crippen molar-refractivity contribution in [2.75, 3.05) is 0 Å². The van der Waals surface area contributed by atoms with Crippen molar-refractivity contribution in [3.63, 3.8) is 0 Å². The number of hydrogen-bond acceptors (Lipinski definition) is 4. The molecule has 0 spiro atoms. The lowest BCUT2D eigenvalue weighted by atomic mass is 9.92. The van der Waals surface area contributed by atoms with Crippen LogP contribution in [0, 0.1) is 19.7 Å². The van der Waals surface area contributed by atoms with Gasteiger partial charge < -0.3 is 5.32 Å². The summed E-state index contributed by atoms with van der Waals surface area (Å²) in [7, 11) is 0. The molecular formula is C22H20FN5O2. The largest absolute Gasteiger partial charge is 0.346 e. The maximum absolute atomic E-state index is 13.2. The Labute approximate surface area is 172 Å². The molecule has 0 radical (unpaired) electrons. The fourth-order valence-corrected chi connectivity index (χ4v) is 3.49. The molecule has 152 valence electrons. The fraction of sp³-hybridized carbons (Fsp3) is 0.182. The van der Waals surface area contributed by atoms with Crippen LogP contribution in [0.5, 0.6) is 0 Å². The number of amides is 3. The highest BCUT2D eigenvalue weighted by atomic mass is 19.1. The molecular weight excluding hydrogens is 385 g/mol. The molecule has 1 N–H and O–H groups in total. The Hall–Kier alpha value is -3.81. The third kappa shape index (κ3) is 3.16. The van der Waals surface area contributed by atoms with Crippen molar-refractivity contribution in [3.05, 3.63) is 82.9 Å². The SMILES string of the molecule is Cc1nn(-c2ccc(F)cc2)c(C)c1/C=N\N1C(=O)N[C@@](C)(c2ccccc2)C1=O. The Kier molecular flexibility index (Phi) is 4.69. The highest BCUT2D eigenvalue weighted by Gasteiger charge is 2.49. The predicted octanol–water partition coefficient (Wildman–Crippen LogP) is 3.43. The highest BCUT2D eigenvalue weighted by molar-refractivity contribution is 6.07. The second kappa shape index (κ2) is 7.22. The summed E-state index contributed by atoms with van der Waals surface area (Å²) in [6, 6.07) is 14.4. The van der Waals surface area contributed by atoms with Gasteiger partial charge in [-0.05, 0) is 50.6 Å². The summed E-state index contributed by atoms with van der Waals surface area (Å²) < 4.78 is 14.9. The van der Waals surface area contributed by atoms with Crippen molar-refractivity contribution in [3.8, 4) is 5.69 Å². The molecule has 2 aromatic carbocycles. The highest BCUT2D eigenvalue weighted by Crippen LogP contribution is 2.29. The number of imide groups is 1. The van der Waals surface area contributed by atoms with E-state index in [2.05, 4.69) is 15.5 Å².